The minimum Gasteiger partial charge on any atom is -0.463 e. The van der Waals surface area contributed by atoms with Gasteiger partial charge in [0.05, 0.1) is 18.4 Å². The lowest BCUT2D eigenvalue weighted by atomic mass is 10.3. The van der Waals surface area contributed by atoms with E-state index in [1.165, 1.54) is 35.1 Å². The average Bonchev–Trinajstić information content (AvgIpc) is 3.44. The van der Waals surface area contributed by atoms with Crippen LogP contribution < -0.4 is 10.6 Å². The molecule has 4 heterocycles. The number of nitrogens with zero attached hydrogens (tertiary/aromatic N) is 4. The zero-order chi connectivity index (χ0) is 19.3. The van der Waals surface area contributed by atoms with Crippen molar-refractivity contribution in [1.29, 1.82) is 0 Å². The molecule has 0 saturated carbocycles. The summed E-state index contributed by atoms with van der Waals surface area (Å²) in [6, 6.07) is 5.19. The first-order valence-electron chi connectivity index (χ1n) is 7.99. The van der Waals surface area contributed by atoms with Crippen molar-refractivity contribution in [3.63, 3.8) is 0 Å². The zero-order valence-electron chi connectivity index (χ0n) is 14.2. The van der Waals surface area contributed by atoms with Crippen molar-refractivity contribution in [3.8, 4) is 11.5 Å². The molecule has 2 N–H and O–H groups in total. The summed E-state index contributed by atoms with van der Waals surface area (Å²) in [5.41, 5.74) is 1.20. The van der Waals surface area contributed by atoms with Gasteiger partial charge in [0, 0.05) is 23.2 Å². The Morgan fingerprint density at radius 3 is 2.57 bits per heavy atom. The van der Waals surface area contributed by atoms with E-state index in [-0.39, 0.29) is 18.2 Å². The highest BCUT2D eigenvalue weighted by Gasteiger charge is 2.14. The fourth-order valence-electron chi connectivity index (χ4n) is 2.21. The molecule has 0 saturated heterocycles. The second kappa shape index (κ2) is 8.06. The van der Waals surface area contributed by atoms with Crippen molar-refractivity contribution in [2.24, 2.45) is 0 Å². The van der Waals surface area contributed by atoms with Crippen LogP contribution in [0.1, 0.15) is 16.3 Å². The normalized spacial score (nSPS) is 10.6. The standard InChI is InChI=1S/C17H12N6O3S2/c24-13(22-17-21-11(9-28-17)12-3-1-6-26-12)7-10-8-27-16(20-10)23-15(25)14-18-4-2-5-19-14/h1-6,8-9H,7H2,(H,20,23,25)(H,21,22,24). The Labute approximate surface area is 166 Å². The highest BCUT2D eigenvalue weighted by atomic mass is 32.1. The van der Waals surface area contributed by atoms with Crippen LogP contribution in [0.5, 0.6) is 0 Å². The Morgan fingerprint density at radius 2 is 1.79 bits per heavy atom. The summed E-state index contributed by atoms with van der Waals surface area (Å²) < 4.78 is 5.28. The highest BCUT2D eigenvalue weighted by molar-refractivity contribution is 7.14. The van der Waals surface area contributed by atoms with Gasteiger partial charge in [0.2, 0.25) is 11.7 Å². The van der Waals surface area contributed by atoms with Crippen LogP contribution in [0.25, 0.3) is 11.5 Å². The summed E-state index contributed by atoms with van der Waals surface area (Å²) in [5, 5.41) is 9.70. The number of carbonyl (C=O) groups excluding carboxylic acids is 2. The minimum absolute atomic E-state index is 0.0492. The number of amides is 2. The van der Waals surface area contributed by atoms with Crippen molar-refractivity contribution >= 4 is 44.8 Å². The summed E-state index contributed by atoms with van der Waals surface area (Å²) in [4.78, 5) is 40.5. The SMILES string of the molecule is O=C(Cc1csc(NC(=O)c2ncccn2)n1)Nc1nc(-c2ccco2)cs1. The molecule has 4 aromatic rings. The molecule has 0 aliphatic rings. The number of rotatable bonds is 6. The van der Waals surface area contributed by atoms with Gasteiger partial charge in [-0.3, -0.25) is 14.9 Å². The van der Waals surface area contributed by atoms with E-state index in [1.807, 2.05) is 0 Å². The molecule has 0 aliphatic heterocycles. The summed E-state index contributed by atoms with van der Waals surface area (Å²) >= 11 is 2.53. The molecule has 4 aromatic heterocycles. The van der Waals surface area contributed by atoms with Gasteiger partial charge in [-0.15, -0.1) is 22.7 Å². The van der Waals surface area contributed by atoms with Crippen LogP contribution in [-0.4, -0.2) is 31.8 Å². The van der Waals surface area contributed by atoms with E-state index in [0.29, 0.717) is 27.4 Å². The van der Waals surface area contributed by atoms with E-state index in [4.69, 9.17) is 4.42 Å². The van der Waals surface area contributed by atoms with Crippen LogP contribution in [-0.2, 0) is 11.2 Å². The maximum Gasteiger partial charge on any atom is 0.295 e. The minimum atomic E-state index is -0.459. The Morgan fingerprint density at radius 1 is 1.00 bits per heavy atom. The molecule has 28 heavy (non-hydrogen) atoms. The van der Waals surface area contributed by atoms with Gasteiger partial charge in [-0.25, -0.2) is 19.9 Å². The zero-order valence-corrected chi connectivity index (χ0v) is 15.8. The maximum absolute atomic E-state index is 12.2. The van der Waals surface area contributed by atoms with E-state index >= 15 is 0 Å². The fraction of sp³-hybridized carbons (Fsp3) is 0.0588. The van der Waals surface area contributed by atoms with E-state index in [1.54, 1.807) is 35.2 Å². The first-order valence-corrected chi connectivity index (χ1v) is 9.75. The number of carbonyl (C=O) groups is 2. The van der Waals surface area contributed by atoms with E-state index in [2.05, 4.69) is 30.6 Å². The van der Waals surface area contributed by atoms with E-state index in [9.17, 15) is 9.59 Å². The fourth-order valence-corrected chi connectivity index (χ4v) is 3.63. The van der Waals surface area contributed by atoms with Gasteiger partial charge in [0.15, 0.2) is 16.0 Å². The third kappa shape index (κ3) is 4.27. The number of nitrogens with one attached hydrogen (secondary N) is 2. The molecular weight excluding hydrogens is 400 g/mol. The number of aromatic nitrogens is 4. The van der Waals surface area contributed by atoms with Crippen LogP contribution in [0, 0.1) is 0 Å². The Hall–Kier alpha value is -3.44. The quantitative estimate of drug-likeness (QED) is 0.499. The first kappa shape index (κ1) is 17.9. The van der Waals surface area contributed by atoms with Crippen LogP contribution in [0.4, 0.5) is 10.3 Å². The summed E-state index contributed by atoms with van der Waals surface area (Å²) in [6.07, 6.45) is 4.59. The van der Waals surface area contributed by atoms with Gasteiger partial charge in [-0.05, 0) is 18.2 Å². The van der Waals surface area contributed by atoms with Crippen molar-refractivity contribution in [2.45, 2.75) is 6.42 Å². The van der Waals surface area contributed by atoms with Crippen LogP contribution >= 0.6 is 22.7 Å². The van der Waals surface area contributed by atoms with E-state index < -0.39 is 5.91 Å². The monoisotopic (exact) mass is 412 g/mol. The first-order chi connectivity index (χ1) is 13.7. The molecule has 0 atom stereocenters. The highest BCUT2D eigenvalue weighted by Crippen LogP contribution is 2.25. The molecule has 0 bridgehead atoms. The molecule has 140 valence electrons. The van der Waals surface area contributed by atoms with Crippen LogP contribution in [0.15, 0.2) is 52.0 Å². The van der Waals surface area contributed by atoms with Gasteiger partial charge in [0.1, 0.15) is 5.69 Å². The molecule has 11 heteroatoms. The van der Waals surface area contributed by atoms with E-state index in [0.717, 1.165) is 0 Å². The molecule has 0 aromatic carbocycles. The molecule has 0 unspecified atom stereocenters. The second-order valence-electron chi connectivity index (χ2n) is 5.41. The van der Waals surface area contributed by atoms with Crippen molar-refractivity contribution in [1.82, 2.24) is 19.9 Å². The molecule has 0 spiro atoms. The van der Waals surface area contributed by atoms with Crippen LogP contribution in [0.2, 0.25) is 0 Å². The van der Waals surface area contributed by atoms with Gasteiger partial charge in [-0.1, -0.05) is 0 Å². The molecule has 4 rings (SSSR count). The van der Waals surface area contributed by atoms with Gasteiger partial charge >= 0.3 is 0 Å². The number of anilines is 2. The number of thiazole rings is 2. The lowest BCUT2D eigenvalue weighted by Gasteiger charge is -2.00. The van der Waals surface area contributed by atoms with Crippen molar-refractivity contribution < 1.29 is 14.0 Å². The number of hydrogen-bond donors (Lipinski definition) is 2. The number of furan rings is 1. The molecule has 0 fully saturated rings. The van der Waals surface area contributed by atoms with Crippen molar-refractivity contribution in [2.75, 3.05) is 10.6 Å². The Kier molecular flexibility index (Phi) is 5.17. The lowest BCUT2D eigenvalue weighted by molar-refractivity contribution is -0.115. The smallest absolute Gasteiger partial charge is 0.295 e. The molecule has 9 nitrogen and oxygen atoms in total. The van der Waals surface area contributed by atoms with Gasteiger partial charge in [-0.2, -0.15) is 0 Å². The predicted octanol–water partition coefficient (Wildman–Crippen LogP) is 3.08. The lowest BCUT2D eigenvalue weighted by Crippen LogP contribution is -2.16. The average molecular weight is 412 g/mol. The van der Waals surface area contributed by atoms with Crippen molar-refractivity contribution in [3.05, 3.63) is 59.1 Å². The summed E-state index contributed by atoms with van der Waals surface area (Å²) in [5.74, 6) is -0.0266. The molecular formula is C17H12N6O3S2. The summed E-state index contributed by atoms with van der Waals surface area (Å²) in [7, 11) is 0. The third-order valence-electron chi connectivity index (χ3n) is 3.41. The predicted molar refractivity (Wildman–Crippen MR) is 104 cm³/mol. The molecule has 0 aliphatic carbocycles. The Bertz CT molecular complexity index is 1090. The number of hydrogen-bond acceptors (Lipinski definition) is 9. The second-order valence-corrected chi connectivity index (χ2v) is 7.13. The van der Waals surface area contributed by atoms with Gasteiger partial charge < -0.3 is 9.73 Å². The van der Waals surface area contributed by atoms with Gasteiger partial charge in [0.25, 0.3) is 5.91 Å². The third-order valence-corrected chi connectivity index (χ3v) is 4.97. The molecule has 2 amide bonds. The largest absolute Gasteiger partial charge is 0.463 e. The summed E-state index contributed by atoms with van der Waals surface area (Å²) in [6.45, 7) is 0. The molecule has 0 radical (unpaired) electrons. The maximum atomic E-state index is 12.2. The van der Waals surface area contributed by atoms with Crippen LogP contribution in [0.3, 0.4) is 0 Å². The Balaban J connectivity index is 1.33. The topological polar surface area (TPSA) is 123 Å².